The smallest absolute Gasteiger partial charge is 0.335 e. The van der Waals surface area contributed by atoms with Gasteiger partial charge in [-0.15, -0.1) is 0 Å². The predicted octanol–water partition coefficient (Wildman–Crippen LogP) is 5.55. The molecule has 6 rings (SSSR count). The zero-order valence-electron chi connectivity index (χ0n) is 33.2. The number of likely N-dealkylation sites (N-methyl/N-ethyl adjacent to an activating group) is 1. The maximum Gasteiger partial charge on any atom is 0.335 e. The highest BCUT2D eigenvalue weighted by Gasteiger charge is 2.35. The molecule has 2 aromatic heterocycles. The molecule has 0 spiro atoms. The van der Waals surface area contributed by atoms with Gasteiger partial charge in [-0.3, -0.25) is 14.4 Å². The van der Waals surface area contributed by atoms with E-state index >= 15 is 0 Å². The molecule has 310 valence electrons. The fourth-order valence-corrected chi connectivity index (χ4v) is 8.83. The summed E-state index contributed by atoms with van der Waals surface area (Å²) in [6.45, 7) is 3.04. The standard InChI is InChI=1S/C44H51ClN8O5S/c1-26-32(31-10-3-4-11-35(31)51-26)23-38-41(55)50-25-33-30(27-14-16-28(17-15-27)44(57)58)18-19-34(45)39(33)59-42-29(9-8-22-48-42)24-49-36(13-7-21-47)40(54)52-37(12-5-6-20-46)43(56)53(38)2/h3-4,8-11,14-19,22,36-38,49,51H,5-7,12-13,20-21,23-25,46-47H2,1-2H3,(H,50,55)(H,52,54)(H,57,58)/t36-,37-,38-/m0/s1. The molecular formula is C44H51ClN8O5S. The van der Waals surface area contributed by atoms with Crippen LogP contribution in [-0.4, -0.2) is 81.9 Å². The van der Waals surface area contributed by atoms with Crippen molar-refractivity contribution in [3.05, 3.63) is 112 Å². The molecule has 13 nitrogen and oxygen atoms in total. The summed E-state index contributed by atoms with van der Waals surface area (Å²) < 4.78 is 0. The van der Waals surface area contributed by atoms with Gasteiger partial charge >= 0.3 is 5.97 Å². The van der Waals surface area contributed by atoms with Crippen molar-refractivity contribution in [2.75, 3.05) is 20.1 Å². The zero-order chi connectivity index (χ0) is 42.1. The number of hydrogen-bond donors (Lipinski definition) is 7. The quantitative estimate of drug-likeness (QED) is 0.0826. The van der Waals surface area contributed by atoms with E-state index in [2.05, 4.69) is 20.9 Å². The third-order valence-corrected chi connectivity index (χ3v) is 12.5. The Labute approximate surface area is 353 Å². The Hall–Kier alpha value is -5.25. The van der Waals surface area contributed by atoms with E-state index in [0.29, 0.717) is 65.7 Å². The second-order valence-electron chi connectivity index (χ2n) is 14.7. The molecular weight excluding hydrogens is 788 g/mol. The van der Waals surface area contributed by atoms with Crippen LogP contribution in [0.15, 0.2) is 88.9 Å². The van der Waals surface area contributed by atoms with Crippen LogP contribution < -0.4 is 27.4 Å². The minimum Gasteiger partial charge on any atom is -0.478 e. The number of nitrogens with zero attached hydrogens (tertiary/aromatic N) is 2. The van der Waals surface area contributed by atoms with Crippen molar-refractivity contribution in [2.24, 2.45) is 11.5 Å². The van der Waals surface area contributed by atoms with E-state index in [1.54, 1.807) is 31.4 Å². The molecule has 0 saturated carbocycles. The fraction of sp³-hybridized carbons (Fsp3) is 0.341. The van der Waals surface area contributed by atoms with Gasteiger partial charge < -0.3 is 42.4 Å². The lowest BCUT2D eigenvalue weighted by atomic mass is 9.97. The lowest BCUT2D eigenvalue weighted by Crippen LogP contribution is -2.57. The van der Waals surface area contributed by atoms with Crippen molar-refractivity contribution in [3.8, 4) is 11.1 Å². The number of aromatic nitrogens is 2. The summed E-state index contributed by atoms with van der Waals surface area (Å²) in [5.41, 5.74) is 17.5. The van der Waals surface area contributed by atoms with Gasteiger partial charge in [-0.2, -0.15) is 0 Å². The molecule has 15 heteroatoms. The van der Waals surface area contributed by atoms with Crippen molar-refractivity contribution >= 4 is 58.0 Å². The SMILES string of the molecule is Cc1[nH]c2ccccc2c1C[C@H]1C(=O)NCc2c(-c3ccc(C(=O)O)cc3)ccc(Cl)c2Sc2ncccc2CN[C@@H](CCCN)C(=O)N[C@@H](CCCCN)C(=O)N1C. The number of carbonyl (C=O) groups is 4. The molecule has 0 radical (unpaired) electrons. The van der Waals surface area contributed by atoms with Crippen molar-refractivity contribution < 1.29 is 24.3 Å². The molecule has 0 aliphatic carbocycles. The van der Waals surface area contributed by atoms with E-state index < -0.39 is 35.9 Å². The minimum absolute atomic E-state index is 0.0153. The fourth-order valence-electron chi connectivity index (χ4n) is 7.49. The van der Waals surface area contributed by atoms with Crippen molar-refractivity contribution in [2.45, 2.75) is 86.6 Å². The van der Waals surface area contributed by atoms with Crippen LogP contribution >= 0.6 is 23.4 Å². The number of unbranched alkanes of at least 4 members (excludes halogenated alkanes) is 1. The highest BCUT2D eigenvalue weighted by Crippen LogP contribution is 2.41. The van der Waals surface area contributed by atoms with Crippen LogP contribution in [-0.2, 0) is 33.9 Å². The number of halogens is 1. The summed E-state index contributed by atoms with van der Waals surface area (Å²) in [7, 11) is 1.61. The number of para-hydroxylation sites is 1. The number of benzene rings is 3. The van der Waals surface area contributed by atoms with Crippen molar-refractivity contribution in [3.63, 3.8) is 0 Å². The van der Waals surface area contributed by atoms with Gasteiger partial charge in [-0.05, 0) is 110 Å². The molecule has 5 aromatic rings. The summed E-state index contributed by atoms with van der Waals surface area (Å²) in [6, 6.07) is 19.1. The van der Waals surface area contributed by atoms with Crippen LogP contribution in [0.1, 0.15) is 64.8 Å². The number of aromatic carboxylic acids is 1. The molecule has 3 aromatic carbocycles. The minimum atomic E-state index is -1.05. The van der Waals surface area contributed by atoms with Crippen LogP contribution in [0, 0.1) is 6.92 Å². The normalized spacial score (nSPS) is 18.2. The van der Waals surface area contributed by atoms with Gasteiger partial charge in [-0.25, -0.2) is 9.78 Å². The second kappa shape index (κ2) is 20.1. The molecule has 1 aliphatic heterocycles. The van der Waals surface area contributed by atoms with Crippen LogP contribution in [0.4, 0.5) is 0 Å². The number of carboxylic acid groups (broad SMARTS) is 1. The molecule has 3 heterocycles. The average Bonchev–Trinajstić information content (AvgIpc) is 3.56. The second-order valence-corrected chi connectivity index (χ2v) is 16.1. The Bertz CT molecular complexity index is 2300. The number of H-pyrrole nitrogens is 1. The Morgan fingerprint density at radius 2 is 1.66 bits per heavy atom. The van der Waals surface area contributed by atoms with Gasteiger partial charge in [0.05, 0.1) is 16.6 Å². The van der Waals surface area contributed by atoms with Crippen LogP contribution in [0.5, 0.6) is 0 Å². The number of aromatic amines is 1. The lowest BCUT2D eigenvalue weighted by Gasteiger charge is -2.32. The first-order chi connectivity index (χ1) is 28.5. The number of fused-ring (bicyclic) bond motifs is 3. The largest absolute Gasteiger partial charge is 0.478 e. The van der Waals surface area contributed by atoms with E-state index in [1.807, 2.05) is 49.4 Å². The molecule has 3 amide bonds. The maximum absolute atomic E-state index is 14.8. The monoisotopic (exact) mass is 838 g/mol. The van der Waals surface area contributed by atoms with E-state index in [-0.39, 0.29) is 31.0 Å². The highest BCUT2D eigenvalue weighted by molar-refractivity contribution is 7.99. The average molecular weight is 839 g/mol. The van der Waals surface area contributed by atoms with Gasteiger partial charge in [0.1, 0.15) is 17.1 Å². The van der Waals surface area contributed by atoms with Crippen LogP contribution in [0.3, 0.4) is 0 Å². The van der Waals surface area contributed by atoms with Crippen LogP contribution in [0.2, 0.25) is 5.02 Å². The number of aryl methyl sites for hydroxylation is 1. The van der Waals surface area contributed by atoms with E-state index in [9.17, 15) is 24.3 Å². The van der Waals surface area contributed by atoms with Gasteiger partial charge in [-0.1, -0.05) is 65.8 Å². The number of nitrogens with one attached hydrogen (secondary N) is 4. The van der Waals surface area contributed by atoms with E-state index in [0.717, 1.165) is 38.9 Å². The van der Waals surface area contributed by atoms with E-state index in [4.69, 9.17) is 28.1 Å². The molecule has 3 atom stereocenters. The summed E-state index contributed by atoms with van der Waals surface area (Å²) in [4.78, 5) is 65.6. The number of amides is 3. The highest BCUT2D eigenvalue weighted by atomic mass is 35.5. The summed E-state index contributed by atoms with van der Waals surface area (Å²) in [6.07, 6.45) is 4.43. The Balaban J connectivity index is 1.49. The predicted molar refractivity (Wildman–Crippen MR) is 231 cm³/mol. The van der Waals surface area contributed by atoms with Crippen molar-refractivity contribution in [1.29, 1.82) is 0 Å². The van der Waals surface area contributed by atoms with Gasteiger partial charge in [0.25, 0.3) is 0 Å². The van der Waals surface area contributed by atoms with Gasteiger partial charge in [0.2, 0.25) is 17.7 Å². The van der Waals surface area contributed by atoms with Gasteiger partial charge in [0, 0.05) is 54.2 Å². The number of nitrogens with two attached hydrogens (primary N) is 2. The third kappa shape index (κ3) is 10.3. The van der Waals surface area contributed by atoms with E-state index in [1.165, 1.54) is 28.8 Å². The Kier molecular flexibility index (Phi) is 14.8. The lowest BCUT2D eigenvalue weighted by molar-refractivity contribution is -0.142. The summed E-state index contributed by atoms with van der Waals surface area (Å²) in [5.74, 6) is -2.20. The molecule has 0 fully saturated rings. The molecule has 0 unspecified atom stereocenters. The summed E-state index contributed by atoms with van der Waals surface area (Å²) in [5, 5.41) is 21.2. The molecule has 59 heavy (non-hydrogen) atoms. The maximum atomic E-state index is 14.8. The van der Waals surface area contributed by atoms with Gasteiger partial charge in [0.15, 0.2) is 0 Å². The molecule has 0 saturated heterocycles. The number of pyridine rings is 1. The van der Waals surface area contributed by atoms with Crippen molar-refractivity contribution in [1.82, 2.24) is 30.8 Å². The molecule has 1 aliphatic rings. The Morgan fingerprint density at radius 3 is 2.41 bits per heavy atom. The first-order valence-electron chi connectivity index (χ1n) is 19.8. The number of rotatable bonds is 11. The molecule has 9 N–H and O–H groups in total. The third-order valence-electron chi connectivity index (χ3n) is 10.8. The molecule has 0 bridgehead atoms. The van der Waals surface area contributed by atoms with Crippen LogP contribution in [0.25, 0.3) is 22.0 Å². The number of carboxylic acids is 1. The first kappa shape index (κ1) is 43.3. The zero-order valence-corrected chi connectivity index (χ0v) is 34.8. The number of hydrogen-bond acceptors (Lipinski definition) is 9. The summed E-state index contributed by atoms with van der Waals surface area (Å²) >= 11 is 8.35. The Morgan fingerprint density at radius 1 is 0.915 bits per heavy atom. The topological polar surface area (TPSA) is 209 Å². The number of carbonyl (C=O) groups excluding carboxylic acids is 3. The first-order valence-corrected chi connectivity index (χ1v) is 21.0.